The fourth-order valence-electron chi connectivity index (χ4n) is 13.0. The van der Waals surface area contributed by atoms with Crippen LogP contribution in [-0.2, 0) is 32.5 Å². The molecular formula is C66H72BN3. The van der Waals surface area contributed by atoms with E-state index in [0.717, 1.165) is 6.42 Å². The van der Waals surface area contributed by atoms with Crippen LogP contribution in [0.3, 0.4) is 0 Å². The van der Waals surface area contributed by atoms with E-state index >= 15 is 0 Å². The molecular weight excluding hydrogens is 846 g/mol. The summed E-state index contributed by atoms with van der Waals surface area (Å²) >= 11 is 0. The van der Waals surface area contributed by atoms with Crippen LogP contribution in [0.15, 0.2) is 121 Å². The molecule has 0 unspecified atom stereocenters. The first-order chi connectivity index (χ1) is 32.8. The van der Waals surface area contributed by atoms with Crippen LogP contribution < -0.4 is 26.2 Å². The third-order valence-corrected chi connectivity index (χ3v) is 17.2. The molecule has 0 spiro atoms. The van der Waals surface area contributed by atoms with Gasteiger partial charge in [-0.25, -0.2) is 0 Å². The molecule has 0 radical (unpaired) electrons. The molecule has 0 fully saturated rings. The van der Waals surface area contributed by atoms with Crippen LogP contribution in [0.1, 0.15) is 157 Å². The van der Waals surface area contributed by atoms with E-state index in [2.05, 4.69) is 246 Å². The van der Waals surface area contributed by atoms with Gasteiger partial charge in [-0.05, 0) is 144 Å². The van der Waals surface area contributed by atoms with Crippen LogP contribution in [0.2, 0.25) is 0 Å². The maximum Gasteiger partial charge on any atom is 0.252 e. The standard InChI is InChI=1S/C66H72BN3/c1-61(2,3)39-21-27-43(28-22-39)68-50-32-25-41(63(7,8)9)37-47(50)67-48-38-42(64(10,11)12)26-33-51(48)69(44-29-23-40(24-30-44)62(4,5)6)60-55-54-52(34-31-46-56(54)66(15,16)36-35-65(46,13)14)70-49-20-18-17-19-45(49)53(58(55)70)59(68)57(60)67/h17-34,37-38H,35-36H2,1-16H3. The average molecular weight is 918 g/mol. The first-order valence-corrected chi connectivity index (χ1v) is 26.2. The molecule has 70 heavy (non-hydrogen) atoms. The van der Waals surface area contributed by atoms with Crippen LogP contribution in [0.4, 0.5) is 34.1 Å². The monoisotopic (exact) mass is 918 g/mol. The third-order valence-electron chi connectivity index (χ3n) is 17.2. The van der Waals surface area contributed by atoms with Crippen molar-refractivity contribution in [2.75, 3.05) is 9.80 Å². The van der Waals surface area contributed by atoms with Crippen molar-refractivity contribution in [2.45, 2.75) is 156 Å². The molecule has 0 atom stereocenters. The summed E-state index contributed by atoms with van der Waals surface area (Å²) in [6.07, 6.45) is 2.31. The largest absolute Gasteiger partial charge is 0.311 e. The first-order valence-electron chi connectivity index (χ1n) is 26.2. The summed E-state index contributed by atoms with van der Waals surface area (Å²) in [4.78, 5) is 5.40. The maximum atomic E-state index is 2.72. The van der Waals surface area contributed by atoms with Crippen LogP contribution in [0.25, 0.3) is 38.1 Å². The van der Waals surface area contributed by atoms with Gasteiger partial charge in [-0.15, -0.1) is 0 Å². The fourth-order valence-corrected chi connectivity index (χ4v) is 13.0. The van der Waals surface area contributed by atoms with E-state index in [0.29, 0.717) is 0 Å². The van der Waals surface area contributed by atoms with Crippen molar-refractivity contribution >= 4 is 95.3 Å². The summed E-state index contributed by atoms with van der Waals surface area (Å²) in [6.45, 7) is 38.2. The molecule has 9 aromatic rings. The number of aromatic nitrogens is 1. The lowest BCUT2D eigenvalue weighted by atomic mass is 9.33. The molecule has 354 valence electrons. The van der Waals surface area contributed by atoms with Crippen molar-refractivity contribution in [3.8, 4) is 0 Å². The number of fused-ring (bicyclic) bond motifs is 14. The van der Waals surface area contributed by atoms with Gasteiger partial charge in [0.25, 0.3) is 6.71 Å². The second-order valence-corrected chi connectivity index (χ2v) is 27.0. The summed E-state index contributed by atoms with van der Waals surface area (Å²) in [5, 5.41) is 5.46. The third kappa shape index (κ3) is 6.33. The molecule has 3 nitrogen and oxygen atoms in total. The van der Waals surface area contributed by atoms with Gasteiger partial charge < -0.3 is 14.2 Å². The number of para-hydroxylation sites is 1. The predicted molar refractivity (Wildman–Crippen MR) is 305 cm³/mol. The van der Waals surface area contributed by atoms with E-state index in [1.54, 1.807) is 0 Å². The van der Waals surface area contributed by atoms with E-state index in [9.17, 15) is 0 Å². The highest BCUT2D eigenvalue weighted by Crippen LogP contribution is 2.58. The molecule has 1 aliphatic carbocycles. The Morgan fingerprint density at radius 3 is 1.40 bits per heavy atom. The van der Waals surface area contributed by atoms with E-state index in [1.807, 2.05) is 0 Å². The molecule has 0 N–H and O–H groups in total. The van der Waals surface area contributed by atoms with Gasteiger partial charge in [-0.1, -0.05) is 184 Å². The minimum Gasteiger partial charge on any atom is -0.311 e. The van der Waals surface area contributed by atoms with Gasteiger partial charge in [0.15, 0.2) is 0 Å². The Morgan fingerprint density at radius 1 is 0.443 bits per heavy atom. The van der Waals surface area contributed by atoms with Gasteiger partial charge in [0.05, 0.1) is 27.9 Å². The number of anilines is 6. The van der Waals surface area contributed by atoms with Crippen LogP contribution in [-0.4, -0.2) is 11.1 Å². The molecule has 4 heteroatoms. The Balaban J connectivity index is 1.37. The van der Waals surface area contributed by atoms with Crippen LogP contribution >= 0.6 is 0 Å². The van der Waals surface area contributed by atoms with Crippen LogP contribution in [0, 0.1) is 0 Å². The van der Waals surface area contributed by atoms with Crippen molar-refractivity contribution in [3.05, 3.63) is 155 Å². The second kappa shape index (κ2) is 14.3. The molecule has 2 aromatic heterocycles. The molecule has 0 bridgehead atoms. The van der Waals surface area contributed by atoms with Gasteiger partial charge in [-0.3, -0.25) is 0 Å². The van der Waals surface area contributed by atoms with Gasteiger partial charge in [0, 0.05) is 44.3 Å². The number of rotatable bonds is 2. The zero-order valence-electron chi connectivity index (χ0n) is 44.9. The zero-order valence-corrected chi connectivity index (χ0v) is 44.9. The summed E-state index contributed by atoms with van der Waals surface area (Å²) in [6, 6.07) is 48.5. The molecule has 0 saturated carbocycles. The maximum absolute atomic E-state index is 2.72. The highest BCUT2D eigenvalue weighted by atomic mass is 15.2. The Morgan fingerprint density at radius 2 is 0.900 bits per heavy atom. The predicted octanol–water partition coefficient (Wildman–Crippen LogP) is 16.5. The van der Waals surface area contributed by atoms with Gasteiger partial charge >= 0.3 is 0 Å². The molecule has 0 amide bonds. The van der Waals surface area contributed by atoms with Gasteiger partial charge in [0.1, 0.15) is 0 Å². The molecule has 3 aliphatic rings. The van der Waals surface area contributed by atoms with Crippen LogP contribution in [0.5, 0.6) is 0 Å². The van der Waals surface area contributed by atoms with Crippen molar-refractivity contribution in [2.24, 2.45) is 0 Å². The van der Waals surface area contributed by atoms with E-state index in [-0.39, 0.29) is 39.2 Å². The minimum atomic E-state index is -0.0508. The highest BCUT2D eigenvalue weighted by molar-refractivity contribution is 7.01. The van der Waals surface area contributed by atoms with Crippen molar-refractivity contribution in [1.82, 2.24) is 4.40 Å². The van der Waals surface area contributed by atoms with E-state index in [1.165, 1.54) is 128 Å². The highest BCUT2D eigenvalue weighted by Gasteiger charge is 2.49. The Hall–Kier alpha value is -6.00. The fraction of sp³-hybridized carbons (Fsp3) is 0.364. The Kier molecular flexibility index (Phi) is 9.25. The Bertz CT molecular complexity index is 3600. The minimum absolute atomic E-state index is 0.0199. The second-order valence-electron chi connectivity index (χ2n) is 27.0. The lowest BCUT2D eigenvalue weighted by Crippen LogP contribution is -2.61. The summed E-state index contributed by atoms with van der Waals surface area (Å²) in [7, 11) is 0. The SMILES string of the molecule is CC(C)(C)c1ccc(N2c3ccc(C(C)(C)C)cc3B3c4cc(C(C)(C)C)ccc4N(c4ccc(C(C)(C)C)cc4)c4c3c2c2c3ccccc3n3c5ccc6c(c5c4c23)C(C)(C)CCC6(C)C)cc1. The van der Waals surface area contributed by atoms with Crippen molar-refractivity contribution in [1.29, 1.82) is 0 Å². The summed E-state index contributed by atoms with van der Waals surface area (Å²) < 4.78 is 2.68. The molecule has 12 rings (SSSR count). The lowest BCUT2D eigenvalue weighted by molar-refractivity contribution is 0.334. The van der Waals surface area contributed by atoms with Crippen molar-refractivity contribution in [3.63, 3.8) is 0 Å². The average Bonchev–Trinajstić information content (AvgIpc) is 3.81. The number of benzene rings is 7. The molecule has 0 saturated heterocycles. The van der Waals surface area contributed by atoms with Gasteiger partial charge in [0.2, 0.25) is 0 Å². The topological polar surface area (TPSA) is 10.9 Å². The zero-order chi connectivity index (χ0) is 49.6. The van der Waals surface area contributed by atoms with Crippen molar-refractivity contribution < 1.29 is 0 Å². The summed E-state index contributed by atoms with van der Waals surface area (Å²) in [5.74, 6) is 0. The quantitative estimate of drug-likeness (QED) is 0.160. The van der Waals surface area contributed by atoms with E-state index in [4.69, 9.17) is 0 Å². The molecule has 7 aromatic carbocycles. The smallest absolute Gasteiger partial charge is 0.252 e. The first kappa shape index (κ1) is 45.2. The van der Waals surface area contributed by atoms with Gasteiger partial charge in [-0.2, -0.15) is 0 Å². The number of hydrogen-bond donors (Lipinski definition) is 0. The number of nitrogens with zero attached hydrogens (tertiary/aromatic N) is 3. The van der Waals surface area contributed by atoms with E-state index < -0.39 is 0 Å². The normalized spacial score (nSPS) is 16.6. The Labute approximate surface area is 418 Å². The molecule has 4 heterocycles. The number of hydrogen-bond acceptors (Lipinski definition) is 2. The summed E-state index contributed by atoms with van der Waals surface area (Å²) in [5.41, 5.74) is 24.0. The molecule has 2 aliphatic heterocycles. The lowest BCUT2D eigenvalue weighted by Gasteiger charge is -2.46.